The van der Waals surface area contributed by atoms with E-state index >= 15 is 0 Å². The Morgan fingerprint density at radius 1 is 1.35 bits per heavy atom. The van der Waals surface area contributed by atoms with Gasteiger partial charge in [-0.3, -0.25) is 4.98 Å². The first-order valence-electron chi connectivity index (χ1n) is 5.56. The van der Waals surface area contributed by atoms with Crippen molar-refractivity contribution in [2.45, 2.75) is 18.4 Å². The van der Waals surface area contributed by atoms with E-state index in [-0.39, 0.29) is 12.2 Å². The standard InChI is InChI=1S/C13H12BrNO2/c14-10-1-2-12-9(5-10)6-11(7-15-12)17-13(8-16)3-4-13/h1-2,5-7,16H,3-4,8H2. The molecule has 2 aromatic rings. The van der Waals surface area contributed by atoms with Crippen molar-refractivity contribution in [3.05, 3.63) is 34.9 Å². The largest absolute Gasteiger partial charge is 0.483 e. The molecule has 0 spiro atoms. The molecule has 0 saturated heterocycles. The number of nitrogens with zero attached hydrogens (tertiary/aromatic N) is 1. The van der Waals surface area contributed by atoms with Crippen LogP contribution >= 0.6 is 15.9 Å². The number of aromatic nitrogens is 1. The number of rotatable bonds is 3. The summed E-state index contributed by atoms with van der Waals surface area (Å²) >= 11 is 3.44. The number of ether oxygens (including phenoxy) is 1. The molecule has 88 valence electrons. The van der Waals surface area contributed by atoms with Gasteiger partial charge in [0.15, 0.2) is 0 Å². The lowest BCUT2D eigenvalue weighted by Gasteiger charge is -2.15. The van der Waals surface area contributed by atoms with Crippen LogP contribution in [0.25, 0.3) is 10.9 Å². The molecule has 0 radical (unpaired) electrons. The molecule has 0 atom stereocenters. The van der Waals surface area contributed by atoms with Gasteiger partial charge in [-0.2, -0.15) is 0 Å². The number of aliphatic hydroxyl groups is 1. The van der Waals surface area contributed by atoms with Gasteiger partial charge in [-0.05, 0) is 37.1 Å². The Morgan fingerprint density at radius 2 is 2.18 bits per heavy atom. The van der Waals surface area contributed by atoms with Gasteiger partial charge in [-0.1, -0.05) is 15.9 Å². The van der Waals surface area contributed by atoms with Crippen molar-refractivity contribution in [2.75, 3.05) is 6.61 Å². The minimum absolute atomic E-state index is 0.0729. The number of halogens is 1. The molecule has 4 heteroatoms. The predicted octanol–water partition coefficient (Wildman–Crippen LogP) is 2.90. The number of hydrogen-bond acceptors (Lipinski definition) is 3. The first-order valence-corrected chi connectivity index (χ1v) is 6.35. The van der Waals surface area contributed by atoms with Crippen LogP contribution in [0.5, 0.6) is 5.75 Å². The minimum Gasteiger partial charge on any atom is -0.483 e. The Balaban J connectivity index is 1.95. The molecule has 17 heavy (non-hydrogen) atoms. The summed E-state index contributed by atoms with van der Waals surface area (Å²) < 4.78 is 6.80. The van der Waals surface area contributed by atoms with E-state index in [0.29, 0.717) is 0 Å². The lowest BCUT2D eigenvalue weighted by molar-refractivity contribution is 0.0952. The van der Waals surface area contributed by atoms with Crippen LogP contribution in [-0.2, 0) is 0 Å². The lowest BCUT2D eigenvalue weighted by atomic mass is 10.2. The maximum atomic E-state index is 9.22. The third-order valence-corrected chi connectivity index (χ3v) is 3.54. The van der Waals surface area contributed by atoms with Crippen molar-refractivity contribution in [1.82, 2.24) is 4.98 Å². The van der Waals surface area contributed by atoms with E-state index in [9.17, 15) is 5.11 Å². The van der Waals surface area contributed by atoms with Gasteiger partial charge in [0.1, 0.15) is 11.4 Å². The monoisotopic (exact) mass is 293 g/mol. The van der Waals surface area contributed by atoms with Crippen molar-refractivity contribution < 1.29 is 9.84 Å². The van der Waals surface area contributed by atoms with Crippen LogP contribution in [-0.4, -0.2) is 22.3 Å². The maximum absolute atomic E-state index is 9.22. The highest BCUT2D eigenvalue weighted by molar-refractivity contribution is 9.10. The molecule has 0 bridgehead atoms. The second-order valence-electron chi connectivity index (χ2n) is 4.45. The Bertz CT molecular complexity index is 566. The zero-order valence-electron chi connectivity index (χ0n) is 9.19. The average Bonchev–Trinajstić information content (AvgIpc) is 3.09. The van der Waals surface area contributed by atoms with E-state index in [2.05, 4.69) is 20.9 Å². The van der Waals surface area contributed by atoms with E-state index in [1.165, 1.54) is 0 Å². The van der Waals surface area contributed by atoms with Gasteiger partial charge < -0.3 is 9.84 Å². The van der Waals surface area contributed by atoms with Gasteiger partial charge in [0.25, 0.3) is 0 Å². The first kappa shape index (κ1) is 11.0. The molecule has 0 amide bonds. The van der Waals surface area contributed by atoms with E-state index in [1.54, 1.807) is 6.20 Å². The molecule has 1 aliphatic rings. The summed E-state index contributed by atoms with van der Waals surface area (Å²) in [6.45, 7) is 0.0729. The molecule has 3 rings (SSSR count). The Labute approximate surface area is 108 Å². The second-order valence-corrected chi connectivity index (χ2v) is 5.37. The molecule has 1 heterocycles. The summed E-state index contributed by atoms with van der Waals surface area (Å²) in [4.78, 5) is 4.34. The van der Waals surface area contributed by atoms with Crippen LogP contribution in [0.4, 0.5) is 0 Å². The summed E-state index contributed by atoms with van der Waals surface area (Å²) in [5.41, 5.74) is 0.593. The molecular weight excluding hydrogens is 282 g/mol. The van der Waals surface area contributed by atoms with Crippen molar-refractivity contribution >= 4 is 26.8 Å². The Hall–Kier alpha value is -1.13. The van der Waals surface area contributed by atoms with E-state index in [4.69, 9.17) is 4.74 Å². The van der Waals surface area contributed by atoms with Crippen molar-refractivity contribution in [1.29, 1.82) is 0 Å². The van der Waals surface area contributed by atoms with E-state index < -0.39 is 0 Å². The highest BCUT2D eigenvalue weighted by atomic mass is 79.9. The third-order valence-electron chi connectivity index (χ3n) is 3.05. The van der Waals surface area contributed by atoms with E-state index in [0.717, 1.165) is 34.0 Å². The summed E-state index contributed by atoms with van der Waals surface area (Å²) in [5, 5.41) is 10.3. The summed E-state index contributed by atoms with van der Waals surface area (Å²) in [7, 11) is 0. The number of pyridine rings is 1. The van der Waals surface area contributed by atoms with Crippen LogP contribution in [0.15, 0.2) is 34.9 Å². The highest BCUT2D eigenvalue weighted by Crippen LogP contribution is 2.40. The molecule has 0 unspecified atom stereocenters. The molecule has 1 aromatic carbocycles. The fourth-order valence-corrected chi connectivity index (χ4v) is 2.20. The van der Waals surface area contributed by atoms with Crippen molar-refractivity contribution in [3.63, 3.8) is 0 Å². The summed E-state index contributed by atoms with van der Waals surface area (Å²) in [5.74, 6) is 0.724. The molecule has 1 aliphatic carbocycles. The zero-order valence-corrected chi connectivity index (χ0v) is 10.8. The van der Waals surface area contributed by atoms with Crippen LogP contribution in [0.1, 0.15) is 12.8 Å². The predicted molar refractivity (Wildman–Crippen MR) is 69.1 cm³/mol. The number of fused-ring (bicyclic) bond motifs is 1. The van der Waals surface area contributed by atoms with Gasteiger partial charge in [0.05, 0.1) is 18.3 Å². The van der Waals surface area contributed by atoms with Gasteiger partial charge in [-0.25, -0.2) is 0 Å². The average molecular weight is 294 g/mol. The van der Waals surface area contributed by atoms with E-state index in [1.807, 2.05) is 24.3 Å². The third kappa shape index (κ3) is 2.15. The fraction of sp³-hybridized carbons (Fsp3) is 0.308. The first-order chi connectivity index (χ1) is 8.21. The molecule has 1 fully saturated rings. The van der Waals surface area contributed by atoms with Gasteiger partial charge in [0, 0.05) is 9.86 Å². The smallest absolute Gasteiger partial charge is 0.139 e. The zero-order chi connectivity index (χ0) is 11.9. The SMILES string of the molecule is OCC1(Oc2cnc3ccc(Br)cc3c2)CC1. The second kappa shape index (κ2) is 3.96. The highest BCUT2D eigenvalue weighted by Gasteiger charge is 2.45. The van der Waals surface area contributed by atoms with Crippen molar-refractivity contribution in [2.24, 2.45) is 0 Å². The lowest BCUT2D eigenvalue weighted by Crippen LogP contribution is -2.22. The summed E-state index contributed by atoms with van der Waals surface area (Å²) in [6.07, 6.45) is 3.55. The van der Waals surface area contributed by atoms with Gasteiger partial charge >= 0.3 is 0 Å². The van der Waals surface area contributed by atoms with Gasteiger partial charge in [-0.15, -0.1) is 0 Å². The molecular formula is C13H12BrNO2. The Kier molecular flexibility index (Phi) is 2.56. The molecule has 1 aromatic heterocycles. The van der Waals surface area contributed by atoms with Crippen LogP contribution in [0.2, 0.25) is 0 Å². The summed E-state index contributed by atoms with van der Waals surface area (Å²) in [6, 6.07) is 7.89. The molecule has 1 N–H and O–H groups in total. The normalized spacial score (nSPS) is 17.1. The fourth-order valence-electron chi connectivity index (χ4n) is 1.82. The molecule has 3 nitrogen and oxygen atoms in total. The molecule has 0 aliphatic heterocycles. The van der Waals surface area contributed by atoms with Gasteiger partial charge in [0.2, 0.25) is 0 Å². The van der Waals surface area contributed by atoms with Crippen molar-refractivity contribution in [3.8, 4) is 5.75 Å². The number of aliphatic hydroxyl groups excluding tert-OH is 1. The topological polar surface area (TPSA) is 42.4 Å². The number of benzene rings is 1. The quantitative estimate of drug-likeness (QED) is 0.946. The van der Waals surface area contributed by atoms with Crippen LogP contribution < -0.4 is 4.74 Å². The molecule has 1 saturated carbocycles. The maximum Gasteiger partial charge on any atom is 0.139 e. The Morgan fingerprint density at radius 3 is 2.88 bits per heavy atom. The number of hydrogen-bond donors (Lipinski definition) is 1. The van der Waals surface area contributed by atoms with Crippen LogP contribution in [0, 0.1) is 0 Å². The minimum atomic E-state index is -0.346. The van der Waals surface area contributed by atoms with Crippen LogP contribution in [0.3, 0.4) is 0 Å².